The van der Waals surface area contributed by atoms with Crippen molar-refractivity contribution in [2.75, 3.05) is 13.2 Å². The van der Waals surface area contributed by atoms with E-state index < -0.39 is 38.2 Å². The average Bonchev–Trinajstić information content (AvgIpc) is 3.28. The van der Waals surface area contributed by atoms with Gasteiger partial charge in [0.15, 0.2) is 21.4 Å². The maximum absolute atomic E-state index is 15.5. The van der Waals surface area contributed by atoms with E-state index in [4.69, 9.17) is 21.1 Å². The van der Waals surface area contributed by atoms with Gasteiger partial charge < -0.3 is 9.47 Å². The Bertz CT molecular complexity index is 1540. The summed E-state index contributed by atoms with van der Waals surface area (Å²) in [7, 11) is -4.25. The van der Waals surface area contributed by atoms with Gasteiger partial charge in [-0.05, 0) is 55.0 Å². The largest absolute Gasteiger partial charge is 0.490 e. The second-order valence-electron chi connectivity index (χ2n) is 8.94. The van der Waals surface area contributed by atoms with Gasteiger partial charge in [-0.15, -0.1) is 11.3 Å². The molecule has 0 amide bonds. The van der Waals surface area contributed by atoms with Crippen molar-refractivity contribution in [1.82, 2.24) is 4.98 Å². The highest BCUT2D eigenvalue weighted by atomic mass is 35.5. The number of hydrogen-bond donors (Lipinski definition) is 0. The molecule has 3 atom stereocenters. The van der Waals surface area contributed by atoms with Gasteiger partial charge in [-0.2, -0.15) is 0 Å². The Morgan fingerprint density at radius 3 is 2.58 bits per heavy atom. The van der Waals surface area contributed by atoms with Crippen molar-refractivity contribution in [3.63, 3.8) is 0 Å². The van der Waals surface area contributed by atoms with E-state index >= 15 is 4.39 Å². The summed E-state index contributed by atoms with van der Waals surface area (Å²) < 4.78 is 70.1. The molecule has 0 bridgehead atoms. The summed E-state index contributed by atoms with van der Waals surface area (Å²) in [6.45, 7) is -0.0932. The summed E-state index contributed by atoms with van der Waals surface area (Å²) >= 11 is 7.50. The highest BCUT2D eigenvalue weighted by Crippen LogP contribution is 2.56. The Kier molecular flexibility index (Phi) is 5.79. The molecule has 3 unspecified atom stereocenters. The number of halogens is 3. The highest BCUT2D eigenvalue weighted by Gasteiger charge is 2.61. The molecule has 3 heterocycles. The monoisotopic (exact) mass is 547 g/mol. The van der Waals surface area contributed by atoms with Crippen molar-refractivity contribution in [2.24, 2.45) is 5.92 Å². The zero-order valence-electron chi connectivity index (χ0n) is 18.8. The fourth-order valence-electron chi connectivity index (χ4n) is 5.43. The van der Waals surface area contributed by atoms with Crippen LogP contribution in [-0.4, -0.2) is 32.7 Å². The molecule has 186 valence electrons. The molecule has 4 aromatic rings. The molecule has 0 spiro atoms. The van der Waals surface area contributed by atoms with Gasteiger partial charge in [-0.25, -0.2) is 22.2 Å². The van der Waals surface area contributed by atoms with Gasteiger partial charge >= 0.3 is 0 Å². The Morgan fingerprint density at radius 1 is 1.06 bits per heavy atom. The summed E-state index contributed by atoms with van der Waals surface area (Å²) in [5.74, 6) is -2.79. The zero-order chi connectivity index (χ0) is 25.1. The molecule has 0 N–H and O–H groups in total. The van der Waals surface area contributed by atoms with E-state index in [9.17, 15) is 12.8 Å². The van der Waals surface area contributed by atoms with Crippen molar-refractivity contribution in [2.45, 2.75) is 28.6 Å². The number of ether oxygens (including phenoxy) is 2. The minimum atomic E-state index is -4.25. The van der Waals surface area contributed by atoms with Crippen LogP contribution >= 0.6 is 22.9 Å². The lowest BCUT2D eigenvalue weighted by Gasteiger charge is -2.50. The molecular formula is C26H20ClF2NO4S2. The van der Waals surface area contributed by atoms with Crippen LogP contribution in [-0.2, 0) is 25.7 Å². The van der Waals surface area contributed by atoms with Gasteiger partial charge in [0.1, 0.15) is 10.6 Å². The number of aromatic nitrogens is 1. The number of sulfone groups is 1. The van der Waals surface area contributed by atoms with Crippen molar-refractivity contribution < 1.29 is 26.7 Å². The smallest absolute Gasteiger partial charge is 0.189 e. The van der Waals surface area contributed by atoms with E-state index in [0.29, 0.717) is 11.4 Å². The third-order valence-electron chi connectivity index (χ3n) is 7.06. The van der Waals surface area contributed by atoms with Gasteiger partial charge in [0.25, 0.3) is 0 Å². The van der Waals surface area contributed by atoms with E-state index in [1.165, 1.54) is 35.6 Å². The van der Waals surface area contributed by atoms with Crippen LogP contribution in [0.1, 0.15) is 17.0 Å². The Balaban J connectivity index is 1.52. The number of fused-ring (bicyclic) bond motifs is 4. The molecule has 2 aliphatic heterocycles. The van der Waals surface area contributed by atoms with Crippen molar-refractivity contribution in [3.8, 4) is 5.75 Å². The zero-order valence-corrected chi connectivity index (χ0v) is 21.2. The minimum Gasteiger partial charge on any atom is -0.490 e. The fraction of sp³-hybridized carbons (Fsp3) is 0.269. The number of hydrogen-bond acceptors (Lipinski definition) is 6. The van der Waals surface area contributed by atoms with Crippen molar-refractivity contribution in [1.29, 1.82) is 0 Å². The van der Waals surface area contributed by atoms with E-state index in [1.54, 1.807) is 0 Å². The van der Waals surface area contributed by atoms with Crippen LogP contribution in [0.15, 0.2) is 65.6 Å². The Hall–Kier alpha value is -2.59. The maximum atomic E-state index is 15.5. The van der Waals surface area contributed by atoms with E-state index in [0.717, 1.165) is 27.4 Å². The molecule has 6 rings (SSSR count). The van der Waals surface area contributed by atoms with Crippen LogP contribution in [0.2, 0.25) is 5.02 Å². The molecule has 36 heavy (non-hydrogen) atoms. The third kappa shape index (κ3) is 3.55. The van der Waals surface area contributed by atoms with Gasteiger partial charge in [0.2, 0.25) is 0 Å². The van der Waals surface area contributed by atoms with Gasteiger partial charge in [0.05, 0.1) is 38.4 Å². The second kappa shape index (κ2) is 8.76. The fourth-order valence-corrected chi connectivity index (χ4v) is 8.91. The Morgan fingerprint density at radius 2 is 1.81 bits per heavy atom. The van der Waals surface area contributed by atoms with Crippen LogP contribution in [0.25, 0.3) is 10.2 Å². The third-order valence-corrected chi connectivity index (χ3v) is 10.9. The Labute approximate surface area is 215 Å². The summed E-state index contributed by atoms with van der Waals surface area (Å²) in [5, 5.41) is 1.14. The van der Waals surface area contributed by atoms with Crippen LogP contribution in [0.3, 0.4) is 0 Å². The first-order valence-corrected chi connectivity index (χ1v) is 14.1. The molecule has 1 fully saturated rings. The first kappa shape index (κ1) is 23.8. The molecule has 0 aliphatic carbocycles. The molecule has 1 aromatic heterocycles. The summed E-state index contributed by atoms with van der Waals surface area (Å²) in [5.41, 5.74) is 0.568. The molecule has 1 saturated heterocycles. The van der Waals surface area contributed by atoms with Crippen LogP contribution in [0.4, 0.5) is 8.78 Å². The van der Waals surface area contributed by atoms with Crippen molar-refractivity contribution >= 4 is 43.0 Å². The predicted octanol–water partition coefficient (Wildman–Crippen LogP) is 5.94. The minimum absolute atomic E-state index is 0.0194. The number of benzene rings is 3. The summed E-state index contributed by atoms with van der Waals surface area (Å²) in [6.07, 6.45) is -0.370. The van der Waals surface area contributed by atoms with Crippen molar-refractivity contribution in [3.05, 3.63) is 87.9 Å². The molecule has 10 heteroatoms. The lowest BCUT2D eigenvalue weighted by atomic mass is 9.75. The second-order valence-corrected chi connectivity index (χ2v) is 12.7. The molecule has 0 radical (unpaired) electrons. The number of nitrogens with zero attached hydrogens (tertiary/aromatic N) is 1. The normalized spacial score (nSPS) is 23.6. The van der Waals surface area contributed by atoms with Crippen LogP contribution in [0.5, 0.6) is 5.75 Å². The lowest BCUT2D eigenvalue weighted by molar-refractivity contribution is -0.0717. The maximum Gasteiger partial charge on any atom is 0.189 e. The van der Waals surface area contributed by atoms with Crippen LogP contribution in [0, 0.1) is 17.6 Å². The van der Waals surface area contributed by atoms with Gasteiger partial charge in [0, 0.05) is 24.0 Å². The predicted molar refractivity (Wildman–Crippen MR) is 133 cm³/mol. The average molecular weight is 548 g/mol. The quantitative estimate of drug-likeness (QED) is 0.316. The highest BCUT2D eigenvalue weighted by molar-refractivity contribution is 7.92. The summed E-state index contributed by atoms with van der Waals surface area (Å²) in [4.78, 5) is 4.65. The SMILES string of the molecule is O=S(=O)(c1ccc(Cl)cc1)C12CCOC(Cc3nc4ccccc4s3)C1COc1c(F)ccc(F)c12. The molecule has 0 saturated carbocycles. The summed E-state index contributed by atoms with van der Waals surface area (Å²) in [6, 6.07) is 15.3. The number of rotatable bonds is 4. The lowest BCUT2D eigenvalue weighted by Crippen LogP contribution is -2.58. The van der Waals surface area contributed by atoms with Crippen LogP contribution < -0.4 is 4.74 Å². The van der Waals surface area contributed by atoms with E-state index in [1.807, 2.05) is 24.3 Å². The molecular weight excluding hydrogens is 528 g/mol. The number of thiazole rings is 1. The van der Waals surface area contributed by atoms with E-state index in [2.05, 4.69) is 4.98 Å². The molecule has 3 aromatic carbocycles. The number of para-hydroxylation sites is 1. The van der Waals surface area contributed by atoms with Gasteiger partial charge in [-0.3, -0.25) is 0 Å². The van der Waals surface area contributed by atoms with E-state index in [-0.39, 0.29) is 35.8 Å². The topological polar surface area (TPSA) is 65.5 Å². The van der Waals surface area contributed by atoms with Gasteiger partial charge in [-0.1, -0.05) is 23.7 Å². The first-order valence-electron chi connectivity index (χ1n) is 11.4. The molecule has 5 nitrogen and oxygen atoms in total. The molecule has 2 aliphatic rings. The standard InChI is InChI=1S/C26H20ClF2NO4S2/c27-15-5-7-16(8-6-15)36(31,32)26-11-12-33-21(13-23-30-20-3-1-2-4-22(20)35-23)17(26)14-34-25-19(29)10-9-18(28)24(25)26/h1-10,17,21H,11-14H2. The first-order chi connectivity index (χ1) is 17.3.